The summed E-state index contributed by atoms with van der Waals surface area (Å²) < 4.78 is 52.8. The Hall–Kier alpha value is -2.91. The van der Waals surface area contributed by atoms with E-state index in [4.69, 9.17) is 9.97 Å². The maximum Gasteiger partial charge on any atom is 0.416 e. The van der Waals surface area contributed by atoms with Crippen LogP contribution < -0.4 is 15.5 Å². The van der Waals surface area contributed by atoms with Crippen molar-refractivity contribution in [2.75, 3.05) is 24.3 Å². The number of aromatic nitrogens is 2. The summed E-state index contributed by atoms with van der Waals surface area (Å²) in [6.07, 6.45) is 2.25. The minimum absolute atomic E-state index is 0.120. The maximum absolute atomic E-state index is 14.0. The van der Waals surface area contributed by atoms with E-state index in [1.165, 1.54) is 5.56 Å². The number of carbonyl (C=O) groups excluding carboxylic acids is 1. The van der Waals surface area contributed by atoms with Gasteiger partial charge in [-0.1, -0.05) is 0 Å². The molecule has 34 heavy (non-hydrogen) atoms. The highest BCUT2D eigenvalue weighted by Crippen LogP contribution is 2.31. The van der Waals surface area contributed by atoms with Crippen molar-refractivity contribution in [1.29, 1.82) is 0 Å². The van der Waals surface area contributed by atoms with Crippen molar-refractivity contribution in [1.82, 2.24) is 15.3 Å². The number of benzene rings is 1. The first kappa shape index (κ1) is 24.2. The fraction of sp³-hybridized carbons (Fsp3) is 0.542. The SMILES string of the molecule is CN(C)c1nc(N[C@H]2CC[C@@H](NC(=O)c3cc(C(F)(F)F)ccc3F)CC2)nc2c1CCCC2. The average Bonchev–Trinajstić information content (AvgIpc) is 2.79. The molecule has 2 aliphatic carbocycles. The number of carbonyl (C=O) groups is 1. The smallest absolute Gasteiger partial charge is 0.362 e. The summed E-state index contributed by atoms with van der Waals surface area (Å²) in [6.45, 7) is 0. The lowest BCUT2D eigenvalue weighted by atomic mass is 9.91. The number of aryl methyl sites for hydroxylation is 1. The van der Waals surface area contributed by atoms with Crippen LogP contribution in [0.3, 0.4) is 0 Å². The molecule has 1 amide bonds. The van der Waals surface area contributed by atoms with Gasteiger partial charge >= 0.3 is 6.18 Å². The Kier molecular flexibility index (Phi) is 6.95. The minimum Gasteiger partial charge on any atom is -0.362 e. The van der Waals surface area contributed by atoms with E-state index in [0.717, 1.165) is 50.0 Å². The second-order valence-electron chi connectivity index (χ2n) is 9.26. The molecular formula is C24H29F4N5O. The Balaban J connectivity index is 1.36. The molecule has 1 aromatic heterocycles. The lowest BCUT2D eigenvalue weighted by Crippen LogP contribution is -2.40. The van der Waals surface area contributed by atoms with Gasteiger partial charge < -0.3 is 15.5 Å². The standard InChI is InChI=1S/C24H29F4N5O/c1-33(2)21-17-5-3-4-6-20(17)31-23(32-21)30-16-10-8-15(9-11-16)29-22(34)18-13-14(24(26,27)28)7-12-19(18)25/h7,12-13,15-16H,3-6,8-11H2,1-2H3,(H,29,34)(H,30,31,32)/t15-,16+. The monoisotopic (exact) mass is 479 g/mol. The molecule has 1 heterocycles. The van der Waals surface area contributed by atoms with Gasteiger partial charge in [0.05, 0.1) is 16.8 Å². The number of rotatable bonds is 5. The van der Waals surface area contributed by atoms with Crippen LogP contribution in [0.1, 0.15) is 65.7 Å². The molecule has 1 saturated carbocycles. The summed E-state index contributed by atoms with van der Waals surface area (Å²) in [5, 5.41) is 6.11. The van der Waals surface area contributed by atoms with Crippen LogP contribution in [0, 0.1) is 5.82 Å². The quantitative estimate of drug-likeness (QED) is 0.607. The molecule has 0 bridgehead atoms. The van der Waals surface area contributed by atoms with E-state index in [-0.39, 0.29) is 12.1 Å². The Labute approximate surface area is 196 Å². The van der Waals surface area contributed by atoms with Crippen molar-refractivity contribution in [3.63, 3.8) is 0 Å². The molecule has 2 aromatic rings. The topological polar surface area (TPSA) is 70.2 Å². The largest absolute Gasteiger partial charge is 0.416 e. The molecule has 0 unspecified atom stereocenters. The van der Waals surface area contributed by atoms with Crippen molar-refractivity contribution in [3.05, 3.63) is 46.4 Å². The van der Waals surface area contributed by atoms with Crippen LogP contribution in [0.4, 0.5) is 29.3 Å². The molecular weight excluding hydrogens is 450 g/mol. The number of amides is 1. The first-order valence-electron chi connectivity index (χ1n) is 11.6. The number of alkyl halides is 3. The Morgan fingerprint density at radius 1 is 1.03 bits per heavy atom. The highest BCUT2D eigenvalue weighted by molar-refractivity contribution is 5.94. The zero-order valence-electron chi connectivity index (χ0n) is 19.3. The summed E-state index contributed by atoms with van der Waals surface area (Å²) in [7, 11) is 3.95. The fourth-order valence-corrected chi connectivity index (χ4v) is 4.71. The molecule has 1 aromatic carbocycles. The predicted molar refractivity (Wildman–Crippen MR) is 122 cm³/mol. The van der Waals surface area contributed by atoms with Crippen LogP contribution in [0.5, 0.6) is 0 Å². The first-order valence-corrected chi connectivity index (χ1v) is 11.6. The first-order chi connectivity index (χ1) is 16.1. The third-order valence-corrected chi connectivity index (χ3v) is 6.52. The molecule has 4 rings (SSSR count). The Morgan fingerprint density at radius 2 is 1.71 bits per heavy atom. The van der Waals surface area contributed by atoms with Gasteiger partial charge in [0.1, 0.15) is 11.6 Å². The molecule has 2 aliphatic rings. The van der Waals surface area contributed by atoms with Gasteiger partial charge in [0.2, 0.25) is 5.95 Å². The van der Waals surface area contributed by atoms with Crippen molar-refractivity contribution in [3.8, 4) is 0 Å². The molecule has 0 atom stereocenters. The number of hydrogen-bond donors (Lipinski definition) is 2. The second-order valence-corrected chi connectivity index (χ2v) is 9.26. The molecule has 1 fully saturated rings. The van der Waals surface area contributed by atoms with Crippen molar-refractivity contribution < 1.29 is 22.4 Å². The van der Waals surface area contributed by atoms with E-state index in [2.05, 4.69) is 10.6 Å². The fourth-order valence-electron chi connectivity index (χ4n) is 4.71. The molecule has 6 nitrogen and oxygen atoms in total. The summed E-state index contributed by atoms with van der Waals surface area (Å²) in [5.41, 5.74) is 0.675. The third kappa shape index (κ3) is 5.42. The number of halogens is 4. The van der Waals surface area contributed by atoms with Crippen molar-refractivity contribution >= 4 is 17.7 Å². The van der Waals surface area contributed by atoms with Gasteiger partial charge in [-0.05, 0) is 69.6 Å². The number of anilines is 2. The van der Waals surface area contributed by atoms with Gasteiger partial charge in [-0.15, -0.1) is 0 Å². The average molecular weight is 480 g/mol. The number of nitrogens with zero attached hydrogens (tertiary/aromatic N) is 3. The van der Waals surface area contributed by atoms with Gasteiger partial charge in [0.15, 0.2) is 0 Å². The third-order valence-electron chi connectivity index (χ3n) is 6.52. The number of fused-ring (bicyclic) bond motifs is 1. The molecule has 0 aliphatic heterocycles. The van der Waals surface area contributed by atoms with E-state index >= 15 is 0 Å². The molecule has 2 N–H and O–H groups in total. The van der Waals surface area contributed by atoms with Crippen molar-refractivity contribution in [2.45, 2.75) is 69.6 Å². The van der Waals surface area contributed by atoms with Crippen LogP contribution >= 0.6 is 0 Å². The van der Waals surface area contributed by atoms with Gasteiger partial charge in [-0.2, -0.15) is 18.2 Å². The zero-order valence-corrected chi connectivity index (χ0v) is 19.3. The van der Waals surface area contributed by atoms with Crippen LogP contribution in [0.25, 0.3) is 0 Å². The Morgan fingerprint density at radius 3 is 2.38 bits per heavy atom. The van der Waals surface area contributed by atoms with E-state index in [0.29, 0.717) is 37.0 Å². The second kappa shape index (κ2) is 9.76. The van der Waals surface area contributed by atoms with Crippen LogP contribution in [-0.4, -0.2) is 42.1 Å². The van der Waals surface area contributed by atoms with E-state index in [1.54, 1.807) is 0 Å². The van der Waals surface area contributed by atoms with E-state index in [1.807, 2.05) is 19.0 Å². The van der Waals surface area contributed by atoms with Crippen molar-refractivity contribution in [2.24, 2.45) is 0 Å². The van der Waals surface area contributed by atoms with Crippen LogP contribution in [0.2, 0.25) is 0 Å². The lowest BCUT2D eigenvalue weighted by Gasteiger charge is -2.30. The van der Waals surface area contributed by atoms with E-state index in [9.17, 15) is 22.4 Å². The van der Waals surface area contributed by atoms with E-state index < -0.39 is 29.0 Å². The molecule has 0 saturated heterocycles. The van der Waals surface area contributed by atoms with Gasteiger partial charge in [-0.25, -0.2) is 9.37 Å². The maximum atomic E-state index is 14.0. The van der Waals surface area contributed by atoms with Gasteiger partial charge in [0, 0.05) is 31.7 Å². The molecule has 10 heteroatoms. The van der Waals surface area contributed by atoms with Crippen LogP contribution in [0.15, 0.2) is 18.2 Å². The van der Waals surface area contributed by atoms with Gasteiger partial charge in [-0.3, -0.25) is 4.79 Å². The summed E-state index contributed by atoms with van der Waals surface area (Å²) in [4.78, 5) is 23.9. The highest BCUT2D eigenvalue weighted by atomic mass is 19.4. The number of nitrogens with one attached hydrogen (secondary N) is 2. The summed E-state index contributed by atoms with van der Waals surface area (Å²) >= 11 is 0. The predicted octanol–water partition coefficient (Wildman–Crippen LogP) is 4.73. The molecule has 184 valence electrons. The lowest BCUT2D eigenvalue weighted by molar-refractivity contribution is -0.137. The summed E-state index contributed by atoms with van der Waals surface area (Å²) in [5.74, 6) is -0.255. The van der Waals surface area contributed by atoms with Crippen LogP contribution in [-0.2, 0) is 19.0 Å². The zero-order chi connectivity index (χ0) is 24.5. The summed E-state index contributed by atoms with van der Waals surface area (Å²) in [6, 6.07) is 1.76. The number of hydrogen-bond acceptors (Lipinski definition) is 5. The highest BCUT2D eigenvalue weighted by Gasteiger charge is 2.32. The normalized spacial score (nSPS) is 20.4. The Bertz CT molecular complexity index is 1050. The molecule has 0 radical (unpaired) electrons. The van der Waals surface area contributed by atoms with Gasteiger partial charge in [0.25, 0.3) is 5.91 Å². The minimum atomic E-state index is -4.64. The molecule has 0 spiro atoms.